The Balaban J connectivity index is 1.28. The fourth-order valence-electron chi connectivity index (χ4n) is 3.83. The minimum Gasteiger partial charge on any atom is -0.368 e. The van der Waals surface area contributed by atoms with Crippen LogP contribution in [0.5, 0.6) is 0 Å². The summed E-state index contributed by atoms with van der Waals surface area (Å²) in [7, 11) is 0. The second kappa shape index (κ2) is 10.1. The largest absolute Gasteiger partial charge is 0.368 e. The van der Waals surface area contributed by atoms with Crippen molar-refractivity contribution < 1.29 is 9.80 Å². The van der Waals surface area contributed by atoms with E-state index in [1.54, 1.807) is 4.90 Å². The van der Waals surface area contributed by atoms with Crippen molar-refractivity contribution in [3.8, 4) is 0 Å². The molecule has 2 aromatic carbocycles. The zero-order valence-corrected chi connectivity index (χ0v) is 18.0. The van der Waals surface area contributed by atoms with E-state index in [1.165, 1.54) is 16.0 Å². The van der Waals surface area contributed by atoms with Crippen molar-refractivity contribution in [3.63, 3.8) is 0 Å². The molecule has 5 N–H and O–H groups in total. The average molecular weight is 418 g/mol. The van der Waals surface area contributed by atoms with Gasteiger partial charge < -0.3 is 20.9 Å². The Morgan fingerprint density at radius 1 is 0.903 bits per heavy atom. The lowest BCUT2D eigenvalue weighted by atomic mass is 10.2. The fourth-order valence-corrected chi connectivity index (χ4v) is 3.83. The number of hydrogen-bond donors (Lipinski definition) is 4. The van der Waals surface area contributed by atoms with Crippen molar-refractivity contribution in [3.05, 3.63) is 77.6 Å². The summed E-state index contributed by atoms with van der Waals surface area (Å²) in [6.45, 7) is 8.37. The van der Waals surface area contributed by atoms with Crippen molar-refractivity contribution in [2.45, 2.75) is 13.5 Å². The van der Waals surface area contributed by atoms with Crippen LogP contribution in [0.1, 0.15) is 17.0 Å². The normalized spacial score (nSPS) is 18.9. The van der Waals surface area contributed by atoms with E-state index in [4.69, 9.17) is 5.73 Å². The summed E-state index contributed by atoms with van der Waals surface area (Å²) in [6, 6.07) is 18.6. The highest BCUT2D eigenvalue weighted by Gasteiger charge is 2.23. The first-order chi connectivity index (χ1) is 15.1. The smallest absolute Gasteiger partial charge is 0.232 e. The van der Waals surface area contributed by atoms with E-state index in [0.29, 0.717) is 5.95 Å². The maximum Gasteiger partial charge on any atom is 0.232 e. The van der Waals surface area contributed by atoms with Gasteiger partial charge in [0.1, 0.15) is 32.7 Å². The van der Waals surface area contributed by atoms with Gasteiger partial charge in [0.25, 0.3) is 0 Å². The highest BCUT2D eigenvalue weighted by molar-refractivity contribution is 5.54. The van der Waals surface area contributed by atoms with E-state index >= 15 is 0 Å². The van der Waals surface area contributed by atoms with E-state index in [-0.39, 0.29) is 5.95 Å². The fraction of sp³-hybridized carbons (Fsp3) is 0.292. The molecule has 4 rings (SSSR count). The van der Waals surface area contributed by atoms with Gasteiger partial charge in [-0.05, 0) is 30.7 Å². The molecule has 1 aliphatic heterocycles. The van der Waals surface area contributed by atoms with E-state index in [2.05, 4.69) is 75.7 Å². The van der Waals surface area contributed by atoms with E-state index < -0.39 is 0 Å². The highest BCUT2D eigenvalue weighted by atomic mass is 15.3. The molecule has 0 radical (unpaired) electrons. The molecule has 0 bridgehead atoms. The Hall–Kier alpha value is -3.29. The molecular formula is C24H31N7+2. The van der Waals surface area contributed by atoms with Crippen molar-refractivity contribution in [2.24, 2.45) is 0 Å². The number of nitrogens with zero attached hydrogens (tertiary/aromatic N) is 3. The predicted molar refractivity (Wildman–Crippen MR) is 124 cm³/mol. The molecule has 3 aromatic rings. The van der Waals surface area contributed by atoms with Crippen LogP contribution in [0, 0.1) is 6.92 Å². The standard InChI is InChI=1S/C24H29N7/c1-19-9-11-21(12-10-19)26-24-28-22(27-23(25)29-24)18-31-16-14-30(15-17-31)13-5-8-20-6-3-2-4-7-20/h2-12H,13-18H2,1H3,(H3,25,26,27,28,29)/p+2/b8-5+. The number of quaternary nitrogens is 2. The second-order valence-corrected chi connectivity index (χ2v) is 8.12. The summed E-state index contributed by atoms with van der Waals surface area (Å²) in [5.41, 5.74) is 9.35. The molecule has 2 heterocycles. The number of benzene rings is 2. The lowest BCUT2D eigenvalue weighted by molar-refractivity contribution is -1.02. The Bertz CT molecular complexity index is 994. The number of piperazine rings is 1. The first-order valence-electron chi connectivity index (χ1n) is 10.9. The number of nitrogens with one attached hydrogen (secondary N) is 3. The van der Waals surface area contributed by atoms with Crippen LogP contribution < -0.4 is 20.9 Å². The van der Waals surface area contributed by atoms with Crippen molar-refractivity contribution in [1.29, 1.82) is 0 Å². The zero-order chi connectivity index (χ0) is 21.5. The summed E-state index contributed by atoms with van der Waals surface area (Å²) >= 11 is 0. The molecule has 1 saturated heterocycles. The van der Waals surface area contributed by atoms with Crippen LogP contribution in [0.3, 0.4) is 0 Å². The van der Waals surface area contributed by atoms with Crippen molar-refractivity contribution in [2.75, 3.05) is 43.8 Å². The van der Waals surface area contributed by atoms with Crippen LogP contribution in [-0.4, -0.2) is 47.7 Å². The second-order valence-electron chi connectivity index (χ2n) is 8.12. The summed E-state index contributed by atoms with van der Waals surface area (Å²) in [6.07, 6.45) is 4.49. The molecule has 31 heavy (non-hydrogen) atoms. The van der Waals surface area contributed by atoms with E-state index in [9.17, 15) is 0 Å². The third-order valence-corrected chi connectivity index (χ3v) is 5.60. The van der Waals surface area contributed by atoms with Gasteiger partial charge in [-0.25, -0.2) is 0 Å². The first kappa shape index (κ1) is 21.0. The molecule has 7 nitrogen and oxygen atoms in total. The molecule has 0 atom stereocenters. The van der Waals surface area contributed by atoms with E-state index in [1.807, 2.05) is 18.2 Å². The molecule has 0 spiro atoms. The lowest BCUT2D eigenvalue weighted by Crippen LogP contribution is -3.27. The van der Waals surface area contributed by atoms with Gasteiger partial charge in [-0.3, -0.25) is 0 Å². The molecule has 0 saturated carbocycles. The van der Waals surface area contributed by atoms with Crippen LogP contribution in [-0.2, 0) is 6.54 Å². The molecule has 0 unspecified atom stereocenters. The Kier molecular flexibility index (Phi) is 6.86. The van der Waals surface area contributed by atoms with Crippen LogP contribution in [0.25, 0.3) is 6.08 Å². The van der Waals surface area contributed by atoms with Gasteiger partial charge >= 0.3 is 0 Å². The van der Waals surface area contributed by atoms with Crippen LogP contribution in [0.15, 0.2) is 60.7 Å². The molecule has 0 amide bonds. The molecule has 1 fully saturated rings. The maximum absolute atomic E-state index is 5.94. The van der Waals surface area contributed by atoms with Gasteiger partial charge in [0, 0.05) is 5.69 Å². The number of aryl methyl sites for hydroxylation is 1. The van der Waals surface area contributed by atoms with Gasteiger partial charge in [-0.15, -0.1) is 0 Å². The Labute approximate surface area is 183 Å². The predicted octanol–water partition coefficient (Wildman–Crippen LogP) is 0.503. The number of aromatic nitrogens is 3. The van der Waals surface area contributed by atoms with Gasteiger partial charge in [0.05, 0.1) is 6.54 Å². The minimum atomic E-state index is 0.259. The molecule has 7 heteroatoms. The van der Waals surface area contributed by atoms with Gasteiger partial charge in [0.15, 0.2) is 5.82 Å². The van der Waals surface area contributed by atoms with Crippen LogP contribution in [0.4, 0.5) is 17.6 Å². The summed E-state index contributed by atoms with van der Waals surface area (Å²) < 4.78 is 0. The topological polar surface area (TPSA) is 85.6 Å². The highest BCUT2D eigenvalue weighted by Crippen LogP contribution is 2.14. The maximum atomic E-state index is 5.94. The number of nitrogens with two attached hydrogens (primary N) is 1. The molecule has 1 aromatic heterocycles. The quantitative estimate of drug-likeness (QED) is 0.450. The average Bonchev–Trinajstić information content (AvgIpc) is 2.77. The molecule has 160 valence electrons. The first-order valence-corrected chi connectivity index (χ1v) is 10.9. The van der Waals surface area contributed by atoms with Gasteiger partial charge in [-0.2, -0.15) is 15.0 Å². The Morgan fingerprint density at radius 2 is 1.61 bits per heavy atom. The molecule has 0 aliphatic carbocycles. The zero-order valence-electron chi connectivity index (χ0n) is 18.0. The third-order valence-electron chi connectivity index (χ3n) is 5.60. The molecular weight excluding hydrogens is 386 g/mol. The number of rotatable bonds is 7. The third kappa shape index (κ3) is 6.34. The van der Waals surface area contributed by atoms with Crippen LogP contribution >= 0.6 is 0 Å². The SMILES string of the molecule is Cc1ccc(Nc2nc(N)nc(C[NH+]3CC[NH+](C/C=C/c4ccccc4)CC3)n2)cc1. The number of hydrogen-bond acceptors (Lipinski definition) is 5. The lowest BCUT2D eigenvalue weighted by Gasteiger charge is -2.28. The summed E-state index contributed by atoms with van der Waals surface area (Å²) in [5, 5.41) is 3.23. The van der Waals surface area contributed by atoms with E-state index in [0.717, 1.165) is 50.8 Å². The Morgan fingerprint density at radius 3 is 2.35 bits per heavy atom. The summed E-state index contributed by atoms with van der Waals surface area (Å²) in [5.74, 6) is 1.50. The van der Waals surface area contributed by atoms with Crippen LogP contribution in [0.2, 0.25) is 0 Å². The number of anilines is 3. The minimum absolute atomic E-state index is 0.259. The monoisotopic (exact) mass is 417 g/mol. The molecule has 1 aliphatic rings. The van der Waals surface area contributed by atoms with Gasteiger partial charge in [0.2, 0.25) is 11.9 Å². The summed E-state index contributed by atoms with van der Waals surface area (Å²) in [4.78, 5) is 16.3. The van der Waals surface area contributed by atoms with Crippen molar-refractivity contribution >= 4 is 23.7 Å². The number of nitrogen functional groups attached to an aromatic ring is 1. The van der Waals surface area contributed by atoms with Crippen molar-refractivity contribution in [1.82, 2.24) is 15.0 Å². The van der Waals surface area contributed by atoms with Gasteiger partial charge in [-0.1, -0.05) is 54.1 Å².